The van der Waals surface area contributed by atoms with Gasteiger partial charge in [0.2, 0.25) is 16.0 Å². The molecule has 4 bridgehead atoms. The van der Waals surface area contributed by atoms with Crippen LogP contribution in [0.25, 0.3) is 11.1 Å². The minimum absolute atomic E-state index is 0.0637. The minimum atomic E-state index is -3.81. The summed E-state index contributed by atoms with van der Waals surface area (Å²) in [7, 11) is -7.44. The molecule has 0 radical (unpaired) electrons. The van der Waals surface area contributed by atoms with Gasteiger partial charge in [-0.05, 0) is 60.5 Å². The van der Waals surface area contributed by atoms with Crippen LogP contribution < -0.4 is 20.1 Å². The van der Waals surface area contributed by atoms with Gasteiger partial charge in [-0.1, -0.05) is 35.9 Å². The molecule has 2 heterocycles. The van der Waals surface area contributed by atoms with Gasteiger partial charge in [0, 0.05) is 41.2 Å². The van der Waals surface area contributed by atoms with Gasteiger partial charge in [-0.3, -0.25) is 4.72 Å². The van der Waals surface area contributed by atoms with Crippen molar-refractivity contribution in [3.8, 4) is 11.1 Å². The largest absolute Gasteiger partial charge is 0.369 e. The van der Waals surface area contributed by atoms with E-state index in [1.54, 1.807) is 54.7 Å². The van der Waals surface area contributed by atoms with Gasteiger partial charge in [-0.15, -0.1) is 0 Å². The van der Waals surface area contributed by atoms with Crippen LogP contribution in [0.3, 0.4) is 0 Å². The van der Waals surface area contributed by atoms with Crippen molar-refractivity contribution < 1.29 is 16.8 Å². The van der Waals surface area contributed by atoms with E-state index in [1.807, 2.05) is 0 Å². The zero-order valence-electron chi connectivity index (χ0n) is 19.8. The molecule has 0 atom stereocenters. The Morgan fingerprint density at radius 2 is 1.74 bits per heavy atom. The summed E-state index contributed by atoms with van der Waals surface area (Å²) >= 11 is 5.94. The summed E-state index contributed by atoms with van der Waals surface area (Å²) in [5.74, 6) is 0.844. The first-order chi connectivity index (χ1) is 18.2. The molecule has 38 heavy (non-hydrogen) atoms. The lowest BCUT2D eigenvalue weighted by Crippen LogP contribution is -2.26. The van der Waals surface area contributed by atoms with Crippen molar-refractivity contribution in [2.45, 2.75) is 16.2 Å². The fourth-order valence-corrected chi connectivity index (χ4v) is 6.29. The van der Waals surface area contributed by atoms with Crippen LogP contribution in [0.2, 0.25) is 5.02 Å². The third-order valence-electron chi connectivity index (χ3n) is 5.68. The maximum atomic E-state index is 12.7. The molecule has 0 saturated heterocycles. The lowest BCUT2D eigenvalue weighted by molar-refractivity contribution is 0.580. The fourth-order valence-electron chi connectivity index (χ4n) is 3.81. The van der Waals surface area contributed by atoms with Crippen molar-refractivity contribution in [3.05, 3.63) is 84.0 Å². The Balaban J connectivity index is 1.41. The quantitative estimate of drug-likeness (QED) is 0.282. The summed E-state index contributed by atoms with van der Waals surface area (Å²) in [5, 5.41) is 6.63. The summed E-state index contributed by atoms with van der Waals surface area (Å²) in [6, 6.07) is 19.3. The first-order valence-electron chi connectivity index (χ1n) is 11.6. The van der Waals surface area contributed by atoms with Gasteiger partial charge >= 0.3 is 0 Å². The Hall–Kier alpha value is -3.71. The summed E-state index contributed by atoms with van der Waals surface area (Å²) in [6.07, 6.45) is 2.18. The molecule has 13 heteroatoms. The molecule has 1 aromatic heterocycles. The van der Waals surface area contributed by atoms with E-state index in [0.29, 0.717) is 46.7 Å². The Morgan fingerprint density at radius 3 is 2.53 bits per heavy atom. The van der Waals surface area contributed by atoms with Gasteiger partial charge in [0.05, 0.1) is 9.79 Å². The van der Waals surface area contributed by atoms with E-state index >= 15 is 0 Å². The van der Waals surface area contributed by atoms with E-state index in [2.05, 4.69) is 30.0 Å². The molecule has 0 saturated carbocycles. The normalized spacial score (nSPS) is 15.1. The van der Waals surface area contributed by atoms with Crippen LogP contribution in [-0.4, -0.2) is 39.9 Å². The molecule has 0 amide bonds. The number of hydrogen-bond donors (Lipinski definition) is 4. The molecule has 196 valence electrons. The topological polar surface area (TPSA) is 142 Å². The highest BCUT2D eigenvalue weighted by atomic mass is 35.5. The minimum Gasteiger partial charge on any atom is -0.369 e. The van der Waals surface area contributed by atoms with Crippen molar-refractivity contribution in [2.24, 2.45) is 0 Å². The number of aromatic nitrogens is 2. The van der Waals surface area contributed by atoms with Crippen molar-refractivity contribution in [3.63, 3.8) is 0 Å². The zero-order valence-corrected chi connectivity index (χ0v) is 22.2. The van der Waals surface area contributed by atoms with Crippen LogP contribution in [-0.2, 0) is 20.0 Å². The van der Waals surface area contributed by atoms with Crippen molar-refractivity contribution in [2.75, 3.05) is 28.4 Å². The number of rotatable bonds is 4. The van der Waals surface area contributed by atoms with Gasteiger partial charge in [0.1, 0.15) is 5.82 Å². The van der Waals surface area contributed by atoms with E-state index in [4.69, 9.17) is 11.6 Å². The van der Waals surface area contributed by atoms with Gasteiger partial charge in [-0.2, -0.15) is 4.98 Å². The van der Waals surface area contributed by atoms with E-state index in [0.717, 1.165) is 5.56 Å². The lowest BCUT2D eigenvalue weighted by Gasteiger charge is -2.14. The van der Waals surface area contributed by atoms with Gasteiger partial charge in [0.25, 0.3) is 10.0 Å². The maximum Gasteiger partial charge on any atom is 0.261 e. The standard InChI is InChI=1S/C25H23ClN6O4S2/c26-18-4-1-6-21(14-18)38(35,36)32-19-10-8-17(9-11-19)23-16-28-25-30-20-5-2-7-22(15-20)37(33,34)29-13-3-12-27-24(23)31-25/h1-2,4-11,14-16,29,32H,3,12-13H2,(H2,27,28,30,31). The summed E-state index contributed by atoms with van der Waals surface area (Å²) in [6.45, 7) is 0.711. The molecule has 4 N–H and O–H groups in total. The molecular formula is C25H23ClN6O4S2. The first-order valence-corrected chi connectivity index (χ1v) is 14.9. The number of halogens is 1. The van der Waals surface area contributed by atoms with Crippen molar-refractivity contribution in [1.29, 1.82) is 0 Å². The fraction of sp³-hybridized carbons (Fsp3) is 0.120. The highest BCUT2D eigenvalue weighted by Gasteiger charge is 2.17. The molecule has 5 rings (SSSR count). The molecular weight excluding hydrogens is 548 g/mol. The summed E-state index contributed by atoms with van der Waals surface area (Å²) in [5.41, 5.74) is 2.37. The molecule has 0 aliphatic carbocycles. The third kappa shape index (κ3) is 5.89. The van der Waals surface area contributed by atoms with E-state index < -0.39 is 20.0 Å². The highest BCUT2D eigenvalue weighted by Crippen LogP contribution is 2.30. The maximum absolute atomic E-state index is 12.7. The number of nitrogens with one attached hydrogen (secondary N) is 4. The van der Waals surface area contributed by atoms with Crippen LogP contribution in [0.15, 0.2) is 88.8 Å². The molecule has 1 aliphatic rings. The van der Waals surface area contributed by atoms with Gasteiger partial charge in [0.15, 0.2) is 0 Å². The second-order valence-electron chi connectivity index (χ2n) is 8.43. The number of benzene rings is 3. The average Bonchev–Trinajstić information content (AvgIpc) is 2.89. The molecule has 0 spiro atoms. The predicted molar refractivity (Wildman–Crippen MR) is 148 cm³/mol. The molecule has 1 aliphatic heterocycles. The molecule has 0 fully saturated rings. The number of hydrogen-bond acceptors (Lipinski definition) is 8. The van der Waals surface area contributed by atoms with Crippen LogP contribution in [0.5, 0.6) is 0 Å². The summed E-state index contributed by atoms with van der Waals surface area (Å²) in [4.78, 5) is 9.22. The first kappa shape index (κ1) is 25.9. The summed E-state index contributed by atoms with van der Waals surface area (Å²) < 4.78 is 55.7. The smallest absolute Gasteiger partial charge is 0.261 e. The Kier molecular flexibility index (Phi) is 7.21. The second-order valence-corrected chi connectivity index (χ2v) is 12.3. The average molecular weight is 571 g/mol. The van der Waals surface area contributed by atoms with E-state index in [1.165, 1.54) is 24.3 Å². The SMILES string of the molecule is O=S1(=O)NCCCNc2nc(ncc2-c2ccc(NS(=O)(=O)c3cccc(Cl)c3)cc2)Nc2cccc1c2. The Bertz CT molecular complexity index is 1700. The third-order valence-corrected chi connectivity index (χ3v) is 8.75. The van der Waals surface area contributed by atoms with Crippen LogP contribution in [0, 0.1) is 0 Å². The number of fused-ring (bicyclic) bond motifs is 4. The monoisotopic (exact) mass is 570 g/mol. The van der Waals surface area contributed by atoms with E-state index in [9.17, 15) is 16.8 Å². The molecule has 10 nitrogen and oxygen atoms in total. The van der Waals surface area contributed by atoms with Crippen LogP contribution in [0.1, 0.15) is 6.42 Å². The molecule has 0 unspecified atom stereocenters. The molecule has 3 aromatic carbocycles. The second kappa shape index (κ2) is 10.6. The van der Waals surface area contributed by atoms with E-state index in [-0.39, 0.29) is 16.3 Å². The number of anilines is 4. The zero-order chi connectivity index (χ0) is 26.8. The lowest BCUT2D eigenvalue weighted by atomic mass is 10.1. The van der Waals surface area contributed by atoms with Crippen LogP contribution >= 0.6 is 11.6 Å². The highest BCUT2D eigenvalue weighted by molar-refractivity contribution is 7.92. The Morgan fingerprint density at radius 1 is 0.947 bits per heavy atom. The number of sulfonamides is 2. The predicted octanol–water partition coefficient (Wildman–Crippen LogP) is 4.44. The van der Waals surface area contributed by atoms with Gasteiger partial charge in [-0.25, -0.2) is 26.5 Å². The molecule has 4 aromatic rings. The van der Waals surface area contributed by atoms with Gasteiger partial charge < -0.3 is 10.6 Å². The van der Waals surface area contributed by atoms with Crippen molar-refractivity contribution >= 4 is 54.8 Å². The number of nitrogens with zero attached hydrogens (tertiary/aromatic N) is 2. The Labute approximate surface area is 225 Å². The van der Waals surface area contributed by atoms with Crippen molar-refractivity contribution in [1.82, 2.24) is 14.7 Å². The van der Waals surface area contributed by atoms with Crippen LogP contribution in [0.4, 0.5) is 23.1 Å².